The van der Waals surface area contributed by atoms with Crippen LogP contribution in [0.2, 0.25) is 0 Å². The van der Waals surface area contributed by atoms with E-state index in [1.165, 1.54) is 6.08 Å². The van der Waals surface area contributed by atoms with E-state index in [9.17, 15) is 43.4 Å². The number of ether oxygens (including phenoxy) is 1. The van der Waals surface area contributed by atoms with E-state index in [1.807, 2.05) is 0 Å². The van der Waals surface area contributed by atoms with Crippen molar-refractivity contribution in [2.24, 2.45) is 0 Å². The minimum absolute atomic E-state index is 0.332. The molecule has 15 heteroatoms. The van der Waals surface area contributed by atoms with Crippen LogP contribution in [0.3, 0.4) is 0 Å². The first kappa shape index (κ1) is 22.3. The lowest BCUT2D eigenvalue weighted by molar-refractivity contribution is -0.276. The summed E-state index contributed by atoms with van der Waals surface area (Å²) in [7, 11) is -7.41. The van der Waals surface area contributed by atoms with Crippen molar-refractivity contribution in [3.63, 3.8) is 0 Å². The van der Waals surface area contributed by atoms with Crippen LogP contribution in [0.1, 0.15) is 5.56 Å². The molecular weight excluding hydrogens is 423 g/mol. The number of alkyl halides is 7. The Balaban J connectivity index is 3.34. The molecule has 0 amide bonds. The van der Waals surface area contributed by atoms with Gasteiger partial charge in [0.05, 0.1) is 0 Å². The lowest BCUT2D eigenvalue weighted by Crippen LogP contribution is -2.59. The Morgan fingerprint density at radius 1 is 1.08 bits per heavy atom. The molecule has 0 aliphatic rings. The molecule has 148 valence electrons. The molecule has 1 rings (SSSR count). The Morgan fingerprint density at radius 2 is 1.54 bits per heavy atom. The highest BCUT2D eigenvalue weighted by Crippen LogP contribution is 2.44. The van der Waals surface area contributed by atoms with Crippen molar-refractivity contribution in [1.82, 2.24) is 3.71 Å². The second-order valence-electron chi connectivity index (χ2n) is 4.34. The van der Waals surface area contributed by atoms with Gasteiger partial charge in [-0.1, -0.05) is 24.8 Å². The summed E-state index contributed by atoms with van der Waals surface area (Å²) in [5, 5.41) is -6.55. The molecule has 0 bridgehead atoms. The summed E-state index contributed by atoms with van der Waals surface area (Å²) >= 11 is -4.63. The molecular formula is C11H8F7NO5S2. The third-order valence-corrected chi connectivity index (χ3v) is 5.58. The summed E-state index contributed by atoms with van der Waals surface area (Å²) in [5.41, 5.74) is 0.332. The second kappa shape index (κ2) is 7.13. The van der Waals surface area contributed by atoms with Crippen molar-refractivity contribution in [2.75, 3.05) is 0 Å². The lowest BCUT2D eigenvalue weighted by Gasteiger charge is -2.29. The number of hydrogen-bond donors (Lipinski definition) is 1. The SMILES string of the molecule is C=Cc1ccc(OC(F)(F)C(F)(F)S(=O)(=O)N(S(=O)O)C(F)(F)F)cc1. The molecule has 1 atom stereocenters. The van der Waals surface area contributed by atoms with Crippen LogP contribution in [0.15, 0.2) is 30.8 Å². The van der Waals surface area contributed by atoms with Crippen molar-refractivity contribution >= 4 is 27.4 Å². The summed E-state index contributed by atoms with van der Waals surface area (Å²) < 4.78 is 134. The molecule has 0 spiro atoms. The highest BCUT2D eigenvalue weighted by atomic mass is 32.3. The molecule has 1 unspecified atom stereocenters. The summed E-state index contributed by atoms with van der Waals surface area (Å²) in [6, 6.07) is 3.49. The van der Waals surface area contributed by atoms with Crippen molar-refractivity contribution in [3.8, 4) is 5.75 Å². The number of benzene rings is 1. The average Bonchev–Trinajstić information content (AvgIpc) is 2.44. The van der Waals surface area contributed by atoms with Crippen molar-refractivity contribution in [3.05, 3.63) is 36.4 Å². The monoisotopic (exact) mass is 431 g/mol. The fraction of sp³-hybridized carbons (Fsp3) is 0.273. The van der Waals surface area contributed by atoms with Crippen LogP contribution in [-0.2, 0) is 21.3 Å². The maximum atomic E-state index is 13.7. The lowest BCUT2D eigenvalue weighted by atomic mass is 10.2. The van der Waals surface area contributed by atoms with Crippen LogP contribution in [-0.4, -0.2) is 38.6 Å². The Bertz CT molecular complexity index is 792. The average molecular weight is 431 g/mol. The van der Waals surface area contributed by atoms with E-state index in [4.69, 9.17) is 4.55 Å². The highest BCUT2D eigenvalue weighted by molar-refractivity contribution is 8.00. The van der Waals surface area contributed by atoms with E-state index >= 15 is 0 Å². The van der Waals surface area contributed by atoms with Crippen LogP contribution in [0.25, 0.3) is 6.08 Å². The Labute approximate surface area is 144 Å². The van der Waals surface area contributed by atoms with Gasteiger partial charge < -0.3 is 4.74 Å². The van der Waals surface area contributed by atoms with Gasteiger partial charge >= 0.3 is 27.7 Å². The summed E-state index contributed by atoms with van der Waals surface area (Å²) in [4.78, 5) is 0. The number of rotatable bonds is 7. The molecule has 0 aromatic heterocycles. The topological polar surface area (TPSA) is 83.9 Å². The van der Waals surface area contributed by atoms with Gasteiger partial charge in [-0.05, 0) is 17.7 Å². The van der Waals surface area contributed by atoms with Gasteiger partial charge in [-0.25, -0.2) is 12.6 Å². The van der Waals surface area contributed by atoms with Gasteiger partial charge in [0, 0.05) is 3.71 Å². The summed E-state index contributed by atoms with van der Waals surface area (Å²) in [6.07, 6.45) is -11.2. The predicted octanol–water partition coefficient (Wildman–Crippen LogP) is 3.18. The second-order valence-corrected chi connectivity index (χ2v) is 7.23. The molecule has 0 saturated carbocycles. The third-order valence-electron chi connectivity index (χ3n) is 2.59. The number of nitrogens with zero attached hydrogens (tertiary/aromatic N) is 1. The van der Waals surface area contributed by atoms with Gasteiger partial charge in [-0.2, -0.15) is 30.7 Å². The largest absolute Gasteiger partial charge is 0.487 e. The van der Waals surface area contributed by atoms with Crippen molar-refractivity contribution < 1.29 is 52.6 Å². The van der Waals surface area contributed by atoms with Gasteiger partial charge in [0.1, 0.15) is 5.75 Å². The molecule has 0 aliphatic carbocycles. The maximum Gasteiger partial charge on any atom is 0.487 e. The van der Waals surface area contributed by atoms with E-state index in [1.54, 1.807) is 0 Å². The zero-order valence-electron chi connectivity index (χ0n) is 12.1. The Kier molecular flexibility index (Phi) is 6.12. The van der Waals surface area contributed by atoms with Crippen molar-refractivity contribution in [1.29, 1.82) is 0 Å². The smallest absolute Gasteiger partial charge is 0.427 e. The molecule has 0 saturated heterocycles. The summed E-state index contributed by atoms with van der Waals surface area (Å²) in [5.74, 6) is -1.01. The van der Waals surface area contributed by atoms with Gasteiger partial charge in [-0.15, -0.1) is 0 Å². The number of sulfonamides is 1. The molecule has 0 radical (unpaired) electrons. The van der Waals surface area contributed by atoms with E-state index in [-0.39, 0.29) is 0 Å². The standard InChI is InChI=1S/C11H8F7NO5S2/c1-2-7-3-5-8(6-4-7)24-9(12,13)10(14,15)26(22,23)19(25(20)21)11(16,17)18/h2-6H,1H2,(H,20,21). The molecule has 0 heterocycles. The van der Waals surface area contributed by atoms with E-state index in [0.29, 0.717) is 17.7 Å². The first-order chi connectivity index (χ1) is 11.6. The van der Waals surface area contributed by atoms with Crippen LogP contribution >= 0.6 is 0 Å². The molecule has 6 nitrogen and oxygen atoms in total. The fourth-order valence-electron chi connectivity index (χ4n) is 1.44. The first-order valence-electron chi connectivity index (χ1n) is 5.97. The molecule has 1 N–H and O–H groups in total. The number of halogens is 7. The van der Waals surface area contributed by atoms with Crippen molar-refractivity contribution in [2.45, 2.75) is 17.7 Å². The minimum Gasteiger partial charge on any atom is -0.427 e. The molecule has 0 fully saturated rings. The Morgan fingerprint density at radius 3 is 1.88 bits per heavy atom. The van der Waals surface area contributed by atoms with Crippen LogP contribution in [0.4, 0.5) is 30.7 Å². The normalized spacial score (nSPS) is 15.0. The zero-order valence-corrected chi connectivity index (χ0v) is 13.7. The van der Waals surface area contributed by atoms with Gasteiger partial charge in [0.25, 0.3) is 11.3 Å². The van der Waals surface area contributed by atoms with Gasteiger partial charge in [-0.3, -0.25) is 4.55 Å². The first-order valence-corrected chi connectivity index (χ1v) is 8.48. The quantitative estimate of drug-likeness (QED) is 0.407. The Hall–Kier alpha value is -1.71. The van der Waals surface area contributed by atoms with Crippen LogP contribution in [0.5, 0.6) is 5.75 Å². The van der Waals surface area contributed by atoms with Gasteiger partial charge in [0.2, 0.25) is 0 Å². The molecule has 26 heavy (non-hydrogen) atoms. The summed E-state index contributed by atoms with van der Waals surface area (Å²) in [6.45, 7) is 3.31. The minimum atomic E-state index is -7.41. The molecule has 0 aliphatic heterocycles. The number of hydrogen-bond acceptors (Lipinski definition) is 4. The van der Waals surface area contributed by atoms with E-state index < -0.39 is 48.4 Å². The third kappa shape index (κ3) is 4.16. The van der Waals surface area contributed by atoms with E-state index in [2.05, 4.69) is 11.3 Å². The fourth-order valence-corrected chi connectivity index (χ4v) is 3.39. The molecule has 1 aromatic rings. The van der Waals surface area contributed by atoms with Crippen LogP contribution < -0.4 is 4.74 Å². The predicted molar refractivity (Wildman–Crippen MR) is 74.6 cm³/mol. The van der Waals surface area contributed by atoms with Gasteiger partial charge in [0.15, 0.2) is 0 Å². The van der Waals surface area contributed by atoms with E-state index in [0.717, 1.165) is 12.1 Å². The zero-order chi connectivity index (χ0) is 20.6. The maximum absolute atomic E-state index is 13.7. The highest BCUT2D eigenvalue weighted by Gasteiger charge is 2.74. The molecule has 1 aromatic carbocycles. The van der Waals surface area contributed by atoms with Crippen LogP contribution in [0, 0.1) is 0 Å².